The van der Waals surface area contributed by atoms with E-state index < -0.39 is 10.0 Å². The number of carbonyl (C=O) groups is 1. The Morgan fingerprint density at radius 2 is 1.89 bits per heavy atom. The average Bonchev–Trinajstić information content (AvgIpc) is 3.17. The van der Waals surface area contributed by atoms with Crippen LogP contribution in [0.2, 0.25) is 0 Å². The lowest BCUT2D eigenvalue weighted by atomic mass is 9.95. The third kappa shape index (κ3) is 5.96. The number of nitrogens with one attached hydrogen (secondary N) is 2. The first-order valence-corrected chi connectivity index (χ1v) is 12.0. The molecular weight excluding hydrogens is 400 g/mol. The van der Waals surface area contributed by atoms with Crippen molar-refractivity contribution in [1.82, 2.24) is 15.5 Å². The molecule has 0 aliphatic heterocycles. The molecule has 1 amide bonds. The van der Waals surface area contributed by atoms with Crippen LogP contribution < -0.4 is 10.0 Å². The maximum Gasteiger partial charge on any atom is 0.277 e. The molecule has 0 bridgehead atoms. The number of thioether (sulfide) groups is 1. The number of anilines is 1. The molecular formula is C18H24N4O4S2. The molecule has 0 spiro atoms. The van der Waals surface area contributed by atoms with Crippen LogP contribution in [0.15, 0.2) is 33.9 Å². The molecule has 3 rings (SSSR count). The van der Waals surface area contributed by atoms with Crippen molar-refractivity contribution in [2.24, 2.45) is 0 Å². The SMILES string of the molecule is CCS(=O)(=O)Nc1ccc(-c2nnc(SCC(=O)NC3CCCCC3)o2)cc1. The van der Waals surface area contributed by atoms with Gasteiger partial charge >= 0.3 is 0 Å². The minimum atomic E-state index is -3.31. The van der Waals surface area contributed by atoms with Gasteiger partial charge in [-0.25, -0.2) is 8.42 Å². The number of amides is 1. The van der Waals surface area contributed by atoms with Crippen LogP contribution in [-0.4, -0.2) is 42.1 Å². The van der Waals surface area contributed by atoms with Crippen LogP contribution in [0.5, 0.6) is 0 Å². The van der Waals surface area contributed by atoms with E-state index in [0.717, 1.165) is 12.8 Å². The lowest BCUT2D eigenvalue weighted by Crippen LogP contribution is -2.37. The van der Waals surface area contributed by atoms with E-state index in [0.29, 0.717) is 22.4 Å². The number of sulfonamides is 1. The van der Waals surface area contributed by atoms with Crippen LogP contribution in [0, 0.1) is 0 Å². The van der Waals surface area contributed by atoms with E-state index in [2.05, 4.69) is 20.2 Å². The van der Waals surface area contributed by atoms with Gasteiger partial charge < -0.3 is 9.73 Å². The average molecular weight is 425 g/mol. The summed E-state index contributed by atoms with van der Waals surface area (Å²) in [6, 6.07) is 6.95. The Morgan fingerprint density at radius 1 is 1.18 bits per heavy atom. The molecule has 1 saturated carbocycles. The fourth-order valence-corrected chi connectivity index (χ4v) is 4.17. The van der Waals surface area contributed by atoms with Gasteiger partial charge in [0.2, 0.25) is 21.8 Å². The number of hydrogen-bond acceptors (Lipinski definition) is 7. The summed E-state index contributed by atoms with van der Waals surface area (Å²) in [5.74, 6) is 0.535. The number of hydrogen-bond donors (Lipinski definition) is 2. The van der Waals surface area contributed by atoms with Gasteiger partial charge in [-0.15, -0.1) is 10.2 Å². The molecule has 1 fully saturated rings. The molecule has 0 saturated heterocycles. The van der Waals surface area contributed by atoms with Crippen molar-refractivity contribution in [1.29, 1.82) is 0 Å². The van der Waals surface area contributed by atoms with E-state index in [1.807, 2.05) is 0 Å². The summed E-state index contributed by atoms with van der Waals surface area (Å²) in [6.45, 7) is 1.57. The zero-order valence-corrected chi connectivity index (χ0v) is 17.3. The molecule has 2 aromatic rings. The van der Waals surface area contributed by atoms with Gasteiger partial charge in [0.05, 0.1) is 11.5 Å². The number of carbonyl (C=O) groups excluding carboxylic acids is 1. The Kier molecular flexibility index (Phi) is 6.95. The van der Waals surface area contributed by atoms with Gasteiger partial charge in [-0.05, 0) is 44.0 Å². The minimum absolute atomic E-state index is 0.00726. The second kappa shape index (κ2) is 9.42. The van der Waals surface area contributed by atoms with Crippen molar-refractivity contribution >= 4 is 33.4 Å². The van der Waals surface area contributed by atoms with Gasteiger partial charge in [-0.1, -0.05) is 31.0 Å². The predicted octanol–water partition coefficient (Wildman–Crippen LogP) is 3.04. The van der Waals surface area contributed by atoms with E-state index in [1.165, 1.54) is 31.0 Å². The van der Waals surface area contributed by atoms with Crippen LogP contribution in [-0.2, 0) is 14.8 Å². The molecule has 1 heterocycles. The monoisotopic (exact) mass is 424 g/mol. The third-order valence-electron chi connectivity index (χ3n) is 4.49. The summed E-state index contributed by atoms with van der Waals surface area (Å²) in [6.07, 6.45) is 5.68. The van der Waals surface area contributed by atoms with Gasteiger partial charge in [0.15, 0.2) is 0 Å². The highest BCUT2D eigenvalue weighted by molar-refractivity contribution is 7.99. The highest BCUT2D eigenvalue weighted by Gasteiger charge is 2.17. The summed E-state index contributed by atoms with van der Waals surface area (Å²) in [4.78, 5) is 12.1. The van der Waals surface area contributed by atoms with E-state index in [-0.39, 0.29) is 23.5 Å². The Bertz CT molecular complexity index is 891. The van der Waals surface area contributed by atoms with Gasteiger partial charge in [0, 0.05) is 17.3 Å². The van der Waals surface area contributed by atoms with Crippen molar-refractivity contribution < 1.29 is 17.6 Å². The van der Waals surface area contributed by atoms with Gasteiger partial charge in [0.1, 0.15) is 0 Å². The predicted molar refractivity (Wildman–Crippen MR) is 109 cm³/mol. The van der Waals surface area contributed by atoms with Gasteiger partial charge in [-0.2, -0.15) is 0 Å². The molecule has 0 unspecified atom stereocenters. The van der Waals surface area contributed by atoms with Crippen molar-refractivity contribution in [3.8, 4) is 11.5 Å². The molecule has 28 heavy (non-hydrogen) atoms. The summed E-state index contributed by atoms with van der Waals surface area (Å²) < 4.78 is 31.3. The molecule has 1 aromatic carbocycles. The summed E-state index contributed by atoms with van der Waals surface area (Å²) >= 11 is 1.20. The lowest BCUT2D eigenvalue weighted by molar-refractivity contribution is -0.119. The first-order chi connectivity index (χ1) is 13.4. The molecule has 10 heteroatoms. The summed E-state index contributed by atoms with van der Waals surface area (Å²) in [5, 5.41) is 11.3. The molecule has 1 aliphatic rings. The van der Waals surface area contributed by atoms with E-state index in [9.17, 15) is 13.2 Å². The Morgan fingerprint density at radius 3 is 2.57 bits per heavy atom. The summed E-state index contributed by atoms with van der Waals surface area (Å²) in [7, 11) is -3.31. The lowest BCUT2D eigenvalue weighted by Gasteiger charge is -2.22. The van der Waals surface area contributed by atoms with Gasteiger partial charge in [0.25, 0.3) is 5.22 Å². The van der Waals surface area contributed by atoms with Crippen molar-refractivity contribution in [3.63, 3.8) is 0 Å². The minimum Gasteiger partial charge on any atom is -0.411 e. The van der Waals surface area contributed by atoms with E-state index in [1.54, 1.807) is 31.2 Å². The molecule has 0 radical (unpaired) electrons. The molecule has 0 atom stereocenters. The highest BCUT2D eigenvalue weighted by atomic mass is 32.2. The number of nitrogens with zero attached hydrogens (tertiary/aromatic N) is 2. The Hall–Kier alpha value is -2.07. The topological polar surface area (TPSA) is 114 Å². The maximum absolute atomic E-state index is 12.1. The highest BCUT2D eigenvalue weighted by Crippen LogP contribution is 2.25. The third-order valence-corrected chi connectivity index (χ3v) is 6.61. The Balaban J connectivity index is 1.52. The van der Waals surface area contributed by atoms with E-state index in [4.69, 9.17) is 4.42 Å². The van der Waals surface area contributed by atoms with E-state index >= 15 is 0 Å². The molecule has 152 valence electrons. The molecule has 1 aromatic heterocycles. The smallest absolute Gasteiger partial charge is 0.277 e. The largest absolute Gasteiger partial charge is 0.411 e. The first-order valence-electron chi connectivity index (χ1n) is 9.32. The van der Waals surface area contributed by atoms with Crippen LogP contribution in [0.4, 0.5) is 5.69 Å². The summed E-state index contributed by atoms with van der Waals surface area (Å²) in [5.41, 5.74) is 1.14. The second-order valence-corrected chi connectivity index (χ2v) is 9.58. The molecule has 1 aliphatic carbocycles. The first kappa shape index (κ1) is 20.7. The quantitative estimate of drug-likeness (QED) is 0.626. The maximum atomic E-state index is 12.1. The number of rotatable bonds is 8. The molecule has 8 nitrogen and oxygen atoms in total. The van der Waals surface area contributed by atoms with Crippen molar-refractivity contribution in [2.45, 2.75) is 50.3 Å². The van der Waals surface area contributed by atoms with Crippen molar-refractivity contribution in [3.05, 3.63) is 24.3 Å². The van der Waals surface area contributed by atoms with Crippen LogP contribution in [0.25, 0.3) is 11.5 Å². The fraction of sp³-hybridized carbons (Fsp3) is 0.500. The van der Waals surface area contributed by atoms with Crippen LogP contribution in [0.1, 0.15) is 39.0 Å². The fourth-order valence-electron chi connectivity index (χ4n) is 2.96. The number of aromatic nitrogens is 2. The normalized spacial score (nSPS) is 15.3. The second-order valence-electron chi connectivity index (χ2n) is 6.65. The van der Waals surface area contributed by atoms with Crippen molar-refractivity contribution in [2.75, 3.05) is 16.2 Å². The van der Waals surface area contributed by atoms with Crippen LogP contribution >= 0.6 is 11.8 Å². The Labute approximate surface area is 168 Å². The zero-order chi connectivity index (χ0) is 20.0. The molecule has 2 N–H and O–H groups in total. The standard InChI is InChI=1S/C18H24N4O4S2/c1-2-28(24,25)22-15-10-8-13(9-11-15)17-20-21-18(26-17)27-12-16(23)19-14-6-4-3-5-7-14/h8-11,14,22H,2-7,12H2,1H3,(H,19,23). The van der Waals surface area contributed by atoms with Gasteiger partial charge in [-0.3, -0.25) is 9.52 Å². The van der Waals surface area contributed by atoms with Crippen LogP contribution in [0.3, 0.4) is 0 Å². The zero-order valence-electron chi connectivity index (χ0n) is 15.7. The number of benzene rings is 1.